The molecule has 0 aromatic heterocycles. The Labute approximate surface area is 59.8 Å². The number of hydrogen-bond donors (Lipinski definition) is 0. The standard InChI is InChI=1S/C6H11NO3/c1-5(7-10-3)4-6(8)9-2/h4H2,1-3H3. The van der Waals surface area contributed by atoms with E-state index in [-0.39, 0.29) is 12.4 Å². The third kappa shape index (κ3) is 3.88. The number of hydrogen-bond acceptors (Lipinski definition) is 4. The summed E-state index contributed by atoms with van der Waals surface area (Å²) in [6.45, 7) is 1.69. The number of carbonyl (C=O) groups excluding carboxylic acids is 1. The van der Waals surface area contributed by atoms with Crippen molar-refractivity contribution in [3.63, 3.8) is 0 Å². The molecule has 0 spiro atoms. The monoisotopic (exact) mass is 145 g/mol. The first-order chi connectivity index (χ1) is 4.70. The zero-order valence-corrected chi connectivity index (χ0v) is 6.38. The summed E-state index contributed by atoms with van der Waals surface area (Å²) in [4.78, 5) is 15.0. The van der Waals surface area contributed by atoms with E-state index in [1.807, 2.05) is 0 Å². The highest BCUT2D eigenvalue weighted by atomic mass is 16.6. The van der Waals surface area contributed by atoms with Crippen molar-refractivity contribution >= 4 is 11.7 Å². The van der Waals surface area contributed by atoms with Crippen molar-refractivity contribution in [3.05, 3.63) is 0 Å². The fourth-order valence-corrected chi connectivity index (χ4v) is 0.469. The van der Waals surface area contributed by atoms with E-state index >= 15 is 0 Å². The number of esters is 1. The van der Waals surface area contributed by atoms with Gasteiger partial charge in [0.1, 0.15) is 7.11 Å². The average molecular weight is 145 g/mol. The van der Waals surface area contributed by atoms with Gasteiger partial charge in [0.15, 0.2) is 0 Å². The smallest absolute Gasteiger partial charge is 0.311 e. The molecule has 10 heavy (non-hydrogen) atoms. The quantitative estimate of drug-likeness (QED) is 0.331. The summed E-state index contributed by atoms with van der Waals surface area (Å²) in [5.41, 5.74) is 0.606. The van der Waals surface area contributed by atoms with E-state index in [4.69, 9.17) is 0 Å². The maximum absolute atomic E-state index is 10.5. The van der Waals surface area contributed by atoms with Gasteiger partial charge in [-0.15, -0.1) is 0 Å². The Morgan fingerprint density at radius 1 is 1.50 bits per heavy atom. The van der Waals surface area contributed by atoms with Crippen LogP contribution in [0, 0.1) is 0 Å². The molecule has 0 heterocycles. The normalized spacial score (nSPS) is 10.9. The van der Waals surface area contributed by atoms with Crippen LogP contribution in [0.4, 0.5) is 0 Å². The van der Waals surface area contributed by atoms with Crippen molar-refractivity contribution in [2.75, 3.05) is 14.2 Å². The lowest BCUT2D eigenvalue weighted by Gasteiger charge is -1.96. The van der Waals surface area contributed by atoms with Gasteiger partial charge in [-0.3, -0.25) is 4.79 Å². The van der Waals surface area contributed by atoms with E-state index in [0.717, 1.165) is 0 Å². The molecule has 0 aromatic rings. The van der Waals surface area contributed by atoms with Gasteiger partial charge in [-0.2, -0.15) is 0 Å². The summed E-state index contributed by atoms with van der Waals surface area (Å²) in [7, 11) is 2.77. The Kier molecular flexibility index (Phi) is 4.28. The Morgan fingerprint density at radius 3 is 2.50 bits per heavy atom. The van der Waals surface area contributed by atoms with Gasteiger partial charge in [-0.05, 0) is 6.92 Å². The second kappa shape index (κ2) is 4.78. The molecular formula is C6H11NO3. The van der Waals surface area contributed by atoms with Crippen LogP contribution >= 0.6 is 0 Å². The highest BCUT2D eigenvalue weighted by molar-refractivity contribution is 5.97. The Hall–Kier alpha value is -1.06. The maximum atomic E-state index is 10.5. The summed E-state index contributed by atoms with van der Waals surface area (Å²) < 4.78 is 4.39. The number of methoxy groups -OCH3 is 1. The highest BCUT2D eigenvalue weighted by Gasteiger charge is 2.01. The fraction of sp³-hybridized carbons (Fsp3) is 0.667. The lowest BCUT2D eigenvalue weighted by Crippen LogP contribution is -2.06. The van der Waals surface area contributed by atoms with Crippen LogP contribution in [0.3, 0.4) is 0 Å². The second-order valence-electron chi connectivity index (χ2n) is 1.76. The van der Waals surface area contributed by atoms with Gasteiger partial charge in [-0.25, -0.2) is 0 Å². The lowest BCUT2D eigenvalue weighted by atomic mass is 10.3. The van der Waals surface area contributed by atoms with Crippen molar-refractivity contribution in [3.8, 4) is 0 Å². The van der Waals surface area contributed by atoms with Gasteiger partial charge >= 0.3 is 5.97 Å². The number of oxime groups is 1. The first kappa shape index (κ1) is 8.94. The van der Waals surface area contributed by atoms with Gasteiger partial charge in [0.2, 0.25) is 0 Å². The number of carbonyl (C=O) groups is 1. The minimum absolute atomic E-state index is 0.185. The molecule has 0 saturated heterocycles. The predicted molar refractivity (Wildman–Crippen MR) is 36.8 cm³/mol. The Balaban J connectivity index is 3.67. The van der Waals surface area contributed by atoms with Crippen LogP contribution in [0.1, 0.15) is 13.3 Å². The van der Waals surface area contributed by atoms with Gasteiger partial charge in [0.25, 0.3) is 0 Å². The van der Waals surface area contributed by atoms with Crippen molar-refractivity contribution in [2.24, 2.45) is 5.16 Å². The molecule has 0 radical (unpaired) electrons. The SMILES string of the molecule is CON=C(C)CC(=O)OC. The van der Waals surface area contributed by atoms with Crippen molar-refractivity contribution in [1.82, 2.24) is 0 Å². The van der Waals surface area contributed by atoms with E-state index in [9.17, 15) is 4.79 Å². The molecule has 0 atom stereocenters. The lowest BCUT2D eigenvalue weighted by molar-refractivity contribution is -0.139. The molecule has 0 rings (SSSR count). The molecule has 4 nitrogen and oxygen atoms in total. The van der Waals surface area contributed by atoms with E-state index in [1.165, 1.54) is 14.2 Å². The summed E-state index contributed by atoms with van der Waals surface area (Å²) in [6, 6.07) is 0. The highest BCUT2D eigenvalue weighted by Crippen LogP contribution is 1.88. The minimum atomic E-state index is -0.307. The van der Waals surface area contributed by atoms with Crippen LogP contribution in [0.2, 0.25) is 0 Å². The molecule has 0 aromatic carbocycles. The van der Waals surface area contributed by atoms with E-state index in [1.54, 1.807) is 6.92 Å². The molecule has 0 unspecified atom stereocenters. The fourth-order valence-electron chi connectivity index (χ4n) is 0.469. The number of rotatable bonds is 3. The Morgan fingerprint density at radius 2 is 2.10 bits per heavy atom. The first-order valence-electron chi connectivity index (χ1n) is 2.84. The molecule has 0 saturated carbocycles. The van der Waals surface area contributed by atoms with Crippen LogP contribution < -0.4 is 0 Å². The molecule has 0 N–H and O–H groups in total. The third-order valence-electron chi connectivity index (χ3n) is 0.875. The second-order valence-corrected chi connectivity index (χ2v) is 1.76. The maximum Gasteiger partial charge on any atom is 0.311 e. The minimum Gasteiger partial charge on any atom is -0.469 e. The predicted octanol–water partition coefficient (Wildman–Crippen LogP) is 0.572. The van der Waals surface area contributed by atoms with Crippen molar-refractivity contribution < 1.29 is 14.4 Å². The molecular weight excluding hydrogens is 134 g/mol. The van der Waals surface area contributed by atoms with E-state index in [2.05, 4.69) is 14.7 Å². The van der Waals surface area contributed by atoms with Crippen molar-refractivity contribution in [2.45, 2.75) is 13.3 Å². The third-order valence-corrected chi connectivity index (χ3v) is 0.875. The van der Waals surface area contributed by atoms with Crippen LogP contribution in [-0.2, 0) is 14.4 Å². The van der Waals surface area contributed by atoms with Gasteiger partial charge < -0.3 is 9.57 Å². The molecule has 0 bridgehead atoms. The largest absolute Gasteiger partial charge is 0.469 e. The molecule has 58 valence electrons. The van der Waals surface area contributed by atoms with E-state index in [0.29, 0.717) is 5.71 Å². The number of nitrogens with zero attached hydrogens (tertiary/aromatic N) is 1. The molecule has 0 fully saturated rings. The summed E-state index contributed by atoms with van der Waals surface area (Å²) in [6.07, 6.45) is 0.185. The van der Waals surface area contributed by atoms with Gasteiger partial charge in [0, 0.05) is 0 Å². The van der Waals surface area contributed by atoms with Crippen LogP contribution in [0.15, 0.2) is 5.16 Å². The zero-order valence-electron chi connectivity index (χ0n) is 6.38. The van der Waals surface area contributed by atoms with Gasteiger partial charge in [0.05, 0.1) is 19.2 Å². The average Bonchev–Trinajstić information content (AvgIpc) is 1.88. The first-order valence-corrected chi connectivity index (χ1v) is 2.84. The zero-order chi connectivity index (χ0) is 7.98. The summed E-state index contributed by atoms with van der Waals surface area (Å²) in [5, 5.41) is 3.53. The summed E-state index contributed by atoms with van der Waals surface area (Å²) in [5.74, 6) is -0.307. The molecule has 0 amide bonds. The Bertz CT molecular complexity index is 142. The molecule has 4 heteroatoms. The van der Waals surface area contributed by atoms with Crippen molar-refractivity contribution in [1.29, 1.82) is 0 Å². The van der Waals surface area contributed by atoms with E-state index < -0.39 is 0 Å². The van der Waals surface area contributed by atoms with Crippen LogP contribution in [-0.4, -0.2) is 25.9 Å². The number of ether oxygens (including phenoxy) is 1. The molecule has 0 aliphatic heterocycles. The van der Waals surface area contributed by atoms with Gasteiger partial charge in [-0.1, -0.05) is 5.16 Å². The summed E-state index contributed by atoms with van der Waals surface area (Å²) >= 11 is 0. The van der Waals surface area contributed by atoms with Crippen LogP contribution in [0.5, 0.6) is 0 Å². The topological polar surface area (TPSA) is 47.9 Å². The molecule has 0 aliphatic rings. The van der Waals surface area contributed by atoms with Crippen LogP contribution in [0.25, 0.3) is 0 Å². The molecule has 0 aliphatic carbocycles.